The summed E-state index contributed by atoms with van der Waals surface area (Å²) in [5.41, 5.74) is 2.66. The van der Waals surface area contributed by atoms with Gasteiger partial charge in [-0.15, -0.1) is 0 Å². The van der Waals surface area contributed by atoms with Gasteiger partial charge in [0.1, 0.15) is 5.52 Å². The fraction of sp³-hybridized carbons (Fsp3) is 0.300. The van der Waals surface area contributed by atoms with Gasteiger partial charge in [-0.25, -0.2) is 19.3 Å². The lowest BCUT2D eigenvalue weighted by Crippen LogP contribution is -2.41. The number of aromatic amines is 1. The number of fused-ring (bicyclic) bond motifs is 2. The second-order valence-electron chi connectivity index (χ2n) is 7.41. The molecule has 0 spiro atoms. The smallest absolute Gasteiger partial charge is 0.328 e. The summed E-state index contributed by atoms with van der Waals surface area (Å²) in [4.78, 5) is 38.2. The second kappa shape index (κ2) is 6.81. The lowest BCUT2D eigenvalue weighted by Gasteiger charge is -2.32. The molecule has 10 heteroatoms. The van der Waals surface area contributed by atoms with E-state index >= 15 is 0 Å². The molecule has 1 saturated heterocycles. The van der Waals surface area contributed by atoms with Crippen LogP contribution in [-0.2, 0) is 4.79 Å². The van der Waals surface area contributed by atoms with Gasteiger partial charge in [0.2, 0.25) is 5.91 Å². The van der Waals surface area contributed by atoms with E-state index in [2.05, 4.69) is 26.1 Å². The van der Waals surface area contributed by atoms with Crippen LogP contribution in [0.2, 0.25) is 0 Å². The molecule has 5 rings (SSSR count). The number of imidazole rings is 1. The van der Waals surface area contributed by atoms with Crippen LogP contribution in [0.3, 0.4) is 0 Å². The van der Waals surface area contributed by atoms with E-state index in [1.165, 1.54) is 0 Å². The van der Waals surface area contributed by atoms with Crippen LogP contribution in [0.4, 0.5) is 0 Å². The molecule has 5 heterocycles. The number of rotatable bonds is 2. The number of nitriles is 1. The Morgan fingerprint density at radius 3 is 3.03 bits per heavy atom. The van der Waals surface area contributed by atoms with Gasteiger partial charge in [0, 0.05) is 26.2 Å². The summed E-state index contributed by atoms with van der Waals surface area (Å²) in [5.74, 6) is 0.419. The highest BCUT2D eigenvalue weighted by Crippen LogP contribution is 2.26. The van der Waals surface area contributed by atoms with Crippen molar-refractivity contribution in [3.05, 3.63) is 46.8 Å². The fourth-order valence-electron chi connectivity index (χ4n) is 4.06. The van der Waals surface area contributed by atoms with Crippen molar-refractivity contribution in [2.24, 2.45) is 0 Å². The number of hydrogen-bond donors (Lipinski definition) is 1. The number of pyridine rings is 1. The van der Waals surface area contributed by atoms with Gasteiger partial charge in [0.15, 0.2) is 11.5 Å². The number of nitrogens with zero attached hydrogens (tertiary/aromatic N) is 7. The topological polar surface area (TPSA) is 125 Å². The molecule has 0 radical (unpaired) electrons. The van der Waals surface area contributed by atoms with Crippen molar-refractivity contribution in [2.45, 2.75) is 25.8 Å². The number of hydrogen-bond acceptors (Lipinski definition) is 6. The summed E-state index contributed by atoms with van der Waals surface area (Å²) in [6.45, 7) is 2.72. The Kier molecular flexibility index (Phi) is 4.10. The first-order chi connectivity index (χ1) is 14.5. The summed E-state index contributed by atoms with van der Waals surface area (Å²) in [7, 11) is 0. The van der Waals surface area contributed by atoms with E-state index in [0.29, 0.717) is 46.7 Å². The lowest BCUT2D eigenvalue weighted by atomic mass is 10.1. The minimum atomic E-state index is -0.265. The van der Waals surface area contributed by atoms with Gasteiger partial charge in [0.25, 0.3) is 0 Å². The summed E-state index contributed by atoms with van der Waals surface area (Å²) >= 11 is 0. The predicted octanol–water partition coefficient (Wildman–Crippen LogP) is 1.49. The van der Waals surface area contributed by atoms with Crippen molar-refractivity contribution < 1.29 is 4.79 Å². The maximum atomic E-state index is 12.7. The van der Waals surface area contributed by atoms with E-state index in [9.17, 15) is 14.9 Å². The standard InChI is InChI=1S/C20H18N8O2/c1-12(29)26-5-2-3-14(11-26)28-19-16(24-20(28)30)10-22-18(25-19)15-9-23-27-6-4-13(8-21)7-17(15)27/h4,6-7,9-10,14H,2-3,5,11H2,1H3,(H,24,30). The monoisotopic (exact) mass is 402 g/mol. The van der Waals surface area contributed by atoms with Gasteiger partial charge in [-0.1, -0.05) is 0 Å². The highest BCUT2D eigenvalue weighted by Gasteiger charge is 2.26. The van der Waals surface area contributed by atoms with Crippen molar-refractivity contribution in [1.82, 2.24) is 34.0 Å². The Morgan fingerprint density at radius 1 is 1.37 bits per heavy atom. The molecule has 1 unspecified atom stereocenters. The van der Waals surface area contributed by atoms with Crippen LogP contribution in [-0.4, -0.2) is 53.0 Å². The molecule has 4 aromatic rings. The Bertz CT molecular complexity index is 1390. The summed E-state index contributed by atoms with van der Waals surface area (Å²) in [6, 6.07) is 5.38. The number of H-pyrrole nitrogens is 1. The first-order valence-corrected chi connectivity index (χ1v) is 9.66. The third-order valence-electron chi connectivity index (χ3n) is 5.56. The highest BCUT2D eigenvalue weighted by molar-refractivity contribution is 5.80. The zero-order valence-electron chi connectivity index (χ0n) is 16.2. The Morgan fingerprint density at radius 2 is 2.23 bits per heavy atom. The number of likely N-dealkylation sites (tertiary alicyclic amines) is 1. The Balaban J connectivity index is 1.63. The summed E-state index contributed by atoms with van der Waals surface area (Å²) < 4.78 is 3.28. The molecule has 0 aromatic carbocycles. The largest absolute Gasteiger partial charge is 0.341 e. The number of amides is 1. The lowest BCUT2D eigenvalue weighted by molar-refractivity contribution is -0.130. The van der Waals surface area contributed by atoms with E-state index in [-0.39, 0.29) is 17.6 Å². The fourth-order valence-corrected chi connectivity index (χ4v) is 4.06. The average Bonchev–Trinajstić information content (AvgIpc) is 3.32. The molecule has 1 fully saturated rings. The van der Waals surface area contributed by atoms with Gasteiger partial charge >= 0.3 is 5.69 Å². The van der Waals surface area contributed by atoms with E-state index in [1.54, 1.807) is 51.6 Å². The maximum Gasteiger partial charge on any atom is 0.328 e. The van der Waals surface area contributed by atoms with Crippen molar-refractivity contribution in [2.75, 3.05) is 13.1 Å². The molecule has 4 aromatic heterocycles. The first kappa shape index (κ1) is 18.1. The minimum absolute atomic E-state index is 0.00237. The number of nitrogens with one attached hydrogen (secondary N) is 1. The Labute approximate surface area is 170 Å². The van der Waals surface area contributed by atoms with Gasteiger partial charge in [-0.2, -0.15) is 10.4 Å². The minimum Gasteiger partial charge on any atom is -0.341 e. The van der Waals surface area contributed by atoms with Crippen molar-refractivity contribution in [1.29, 1.82) is 5.26 Å². The SMILES string of the molecule is CC(=O)N1CCCC(n2c(=O)[nH]c3cnc(-c4cnn5ccc(C#N)cc45)nc32)C1. The van der Waals surface area contributed by atoms with Crippen LogP contribution in [0, 0.1) is 11.3 Å². The molecular formula is C20H18N8O2. The van der Waals surface area contributed by atoms with Crippen molar-refractivity contribution in [3.63, 3.8) is 0 Å². The van der Waals surface area contributed by atoms with Gasteiger partial charge in [0.05, 0.1) is 41.1 Å². The predicted molar refractivity (Wildman–Crippen MR) is 108 cm³/mol. The normalized spacial score (nSPS) is 16.8. The van der Waals surface area contributed by atoms with Gasteiger partial charge in [-0.05, 0) is 25.0 Å². The highest BCUT2D eigenvalue weighted by atomic mass is 16.2. The van der Waals surface area contributed by atoms with Crippen LogP contribution in [0.1, 0.15) is 31.4 Å². The molecule has 150 valence electrons. The third-order valence-corrected chi connectivity index (χ3v) is 5.56. The van der Waals surface area contributed by atoms with E-state index in [0.717, 1.165) is 12.8 Å². The molecule has 1 aliphatic heterocycles. The number of piperidine rings is 1. The molecular weight excluding hydrogens is 384 g/mol. The van der Waals surface area contributed by atoms with E-state index < -0.39 is 0 Å². The molecule has 0 saturated carbocycles. The summed E-state index contributed by atoms with van der Waals surface area (Å²) in [6.07, 6.45) is 6.55. The number of carbonyl (C=O) groups excluding carboxylic acids is 1. The zero-order valence-corrected chi connectivity index (χ0v) is 16.2. The molecule has 30 heavy (non-hydrogen) atoms. The van der Waals surface area contributed by atoms with Gasteiger partial charge < -0.3 is 9.88 Å². The number of carbonyl (C=O) groups is 1. The van der Waals surface area contributed by atoms with Crippen molar-refractivity contribution >= 4 is 22.6 Å². The quantitative estimate of drug-likeness (QED) is 0.541. The molecule has 1 amide bonds. The molecule has 0 bridgehead atoms. The zero-order chi connectivity index (χ0) is 20.8. The molecule has 1 aliphatic rings. The van der Waals surface area contributed by atoms with Crippen LogP contribution >= 0.6 is 0 Å². The first-order valence-electron chi connectivity index (χ1n) is 9.66. The van der Waals surface area contributed by atoms with Crippen LogP contribution in [0.5, 0.6) is 0 Å². The van der Waals surface area contributed by atoms with Crippen LogP contribution in [0.25, 0.3) is 28.1 Å². The van der Waals surface area contributed by atoms with Crippen molar-refractivity contribution in [3.8, 4) is 17.5 Å². The van der Waals surface area contributed by atoms with E-state index in [1.807, 2.05) is 0 Å². The second-order valence-corrected chi connectivity index (χ2v) is 7.41. The van der Waals surface area contributed by atoms with Gasteiger partial charge in [-0.3, -0.25) is 9.36 Å². The summed E-state index contributed by atoms with van der Waals surface area (Å²) in [5, 5.41) is 13.5. The molecule has 10 nitrogen and oxygen atoms in total. The molecule has 1 N–H and O–H groups in total. The third kappa shape index (κ3) is 2.83. The van der Waals surface area contributed by atoms with E-state index in [4.69, 9.17) is 0 Å². The maximum absolute atomic E-state index is 12.7. The molecule has 0 aliphatic carbocycles. The van der Waals surface area contributed by atoms with Crippen LogP contribution in [0.15, 0.2) is 35.5 Å². The number of aromatic nitrogens is 6. The average molecular weight is 402 g/mol. The molecule has 1 atom stereocenters. The van der Waals surface area contributed by atoms with Crippen LogP contribution < -0.4 is 5.69 Å². The Hall–Kier alpha value is -4.00.